The summed E-state index contributed by atoms with van der Waals surface area (Å²) in [5.41, 5.74) is 0.999. The van der Waals surface area contributed by atoms with Crippen LogP contribution in [0.15, 0.2) is 35.9 Å². The third kappa shape index (κ3) is 3.41. The molecule has 1 nitrogen and oxygen atoms in total. The van der Waals surface area contributed by atoms with E-state index in [9.17, 15) is 0 Å². The van der Waals surface area contributed by atoms with Gasteiger partial charge in [0.15, 0.2) is 0 Å². The molecule has 0 spiro atoms. The first-order valence-electron chi connectivity index (χ1n) is 2.99. The van der Waals surface area contributed by atoms with Crippen molar-refractivity contribution in [3.63, 3.8) is 0 Å². The Balaban J connectivity index is 4.09. The van der Waals surface area contributed by atoms with Crippen molar-refractivity contribution >= 4 is 11.8 Å². The average Bonchev–Trinajstić information content (AvgIpc) is 1.99. The Labute approximate surface area is 66.9 Å². The van der Waals surface area contributed by atoms with Gasteiger partial charge in [-0.05, 0) is 18.4 Å². The van der Waals surface area contributed by atoms with Gasteiger partial charge < -0.3 is 5.32 Å². The molecule has 0 saturated carbocycles. The Morgan fingerprint density at radius 3 is 2.50 bits per heavy atom. The van der Waals surface area contributed by atoms with E-state index in [1.807, 2.05) is 19.4 Å². The number of likely N-dealkylation sites (N-methyl/N-ethyl adjacent to an activating group) is 1. The van der Waals surface area contributed by atoms with E-state index in [1.165, 1.54) is 0 Å². The molecule has 0 heterocycles. The molecule has 0 atom stereocenters. The van der Waals surface area contributed by atoms with Crippen LogP contribution in [0.25, 0.3) is 0 Å². The first kappa shape index (κ1) is 9.37. The van der Waals surface area contributed by atoms with Gasteiger partial charge in [-0.15, -0.1) is 11.8 Å². The van der Waals surface area contributed by atoms with Crippen molar-refractivity contribution in [2.75, 3.05) is 13.3 Å². The summed E-state index contributed by atoms with van der Waals surface area (Å²) in [4.78, 5) is 1.03. The maximum Gasteiger partial charge on any atom is 0.0342 e. The van der Waals surface area contributed by atoms with Crippen LogP contribution < -0.4 is 5.32 Å². The highest BCUT2D eigenvalue weighted by molar-refractivity contribution is 8.02. The van der Waals surface area contributed by atoms with Crippen molar-refractivity contribution in [2.24, 2.45) is 0 Å². The normalized spacial score (nSPS) is 10.8. The highest BCUT2D eigenvalue weighted by Crippen LogP contribution is 2.11. The Morgan fingerprint density at radius 1 is 1.60 bits per heavy atom. The van der Waals surface area contributed by atoms with Gasteiger partial charge in [0.25, 0.3) is 0 Å². The van der Waals surface area contributed by atoms with Gasteiger partial charge in [-0.1, -0.05) is 13.2 Å². The molecule has 2 heteroatoms. The van der Waals surface area contributed by atoms with Gasteiger partial charge in [0, 0.05) is 17.6 Å². The predicted molar refractivity (Wildman–Crippen MR) is 50.0 cm³/mol. The molecule has 0 rings (SSSR count). The van der Waals surface area contributed by atoms with Gasteiger partial charge in [0.1, 0.15) is 0 Å². The van der Waals surface area contributed by atoms with Gasteiger partial charge in [0.2, 0.25) is 0 Å². The van der Waals surface area contributed by atoms with E-state index in [-0.39, 0.29) is 0 Å². The van der Waals surface area contributed by atoms with Gasteiger partial charge in [-0.25, -0.2) is 0 Å². The van der Waals surface area contributed by atoms with E-state index in [1.54, 1.807) is 17.8 Å². The smallest absolute Gasteiger partial charge is 0.0342 e. The topological polar surface area (TPSA) is 12.0 Å². The molecule has 0 aromatic heterocycles. The summed E-state index contributed by atoms with van der Waals surface area (Å²) in [5.74, 6) is 0. The predicted octanol–water partition coefficient (Wildman–Crippen LogP) is 2.15. The third-order valence-corrected chi connectivity index (χ3v) is 1.73. The van der Waals surface area contributed by atoms with E-state index in [0.717, 1.165) is 10.6 Å². The van der Waals surface area contributed by atoms with Crippen LogP contribution in [0.2, 0.25) is 0 Å². The molecule has 0 radical (unpaired) electrons. The first-order valence-corrected chi connectivity index (χ1v) is 4.21. The molecule has 0 aromatic carbocycles. The van der Waals surface area contributed by atoms with Crippen LogP contribution in [0.4, 0.5) is 0 Å². The maximum atomic E-state index is 3.81. The molecule has 0 saturated heterocycles. The second-order valence-corrected chi connectivity index (χ2v) is 2.66. The van der Waals surface area contributed by atoms with Crippen molar-refractivity contribution in [2.45, 2.75) is 0 Å². The molecular formula is C8H13NS. The minimum atomic E-state index is 0.999. The summed E-state index contributed by atoms with van der Waals surface area (Å²) in [6.07, 6.45) is 5.72. The molecule has 0 fully saturated rings. The summed E-state index contributed by atoms with van der Waals surface area (Å²) in [6.45, 7) is 7.45. The lowest BCUT2D eigenvalue weighted by atomic mass is 10.4. The van der Waals surface area contributed by atoms with Crippen LogP contribution >= 0.6 is 11.8 Å². The lowest BCUT2D eigenvalue weighted by Crippen LogP contribution is -2.02. The lowest BCUT2D eigenvalue weighted by molar-refractivity contribution is 1.03. The zero-order chi connectivity index (χ0) is 7.98. The lowest BCUT2D eigenvalue weighted by Gasteiger charge is -1.99. The van der Waals surface area contributed by atoms with Crippen molar-refractivity contribution in [1.29, 1.82) is 0 Å². The molecule has 56 valence electrons. The molecule has 0 unspecified atom stereocenters. The van der Waals surface area contributed by atoms with Crippen molar-refractivity contribution in [3.8, 4) is 0 Å². The number of allylic oxidation sites excluding steroid dienone is 2. The summed E-state index contributed by atoms with van der Waals surface area (Å²) in [6, 6.07) is 0. The minimum absolute atomic E-state index is 0.999. The molecular weight excluding hydrogens is 142 g/mol. The maximum absolute atomic E-state index is 3.81. The molecule has 10 heavy (non-hydrogen) atoms. The molecule has 1 N–H and O–H groups in total. The zero-order valence-electron chi connectivity index (χ0n) is 6.48. The quantitative estimate of drug-likeness (QED) is 0.624. The van der Waals surface area contributed by atoms with Crippen molar-refractivity contribution in [3.05, 3.63) is 35.9 Å². The Bertz CT molecular complexity index is 159. The zero-order valence-corrected chi connectivity index (χ0v) is 7.29. The monoisotopic (exact) mass is 155 g/mol. The molecule has 0 aromatic rings. The van der Waals surface area contributed by atoms with Crippen LogP contribution in [0.3, 0.4) is 0 Å². The summed E-state index contributed by atoms with van der Waals surface area (Å²) in [5, 5.41) is 2.99. The van der Waals surface area contributed by atoms with Crippen molar-refractivity contribution in [1.82, 2.24) is 5.32 Å². The number of rotatable bonds is 4. The second-order valence-electron chi connectivity index (χ2n) is 1.72. The van der Waals surface area contributed by atoms with Crippen LogP contribution in [0.1, 0.15) is 0 Å². The number of thioether (sulfide) groups is 1. The van der Waals surface area contributed by atoms with Crippen LogP contribution in [-0.2, 0) is 0 Å². The molecule has 0 aliphatic carbocycles. The Morgan fingerprint density at radius 2 is 2.20 bits per heavy atom. The van der Waals surface area contributed by atoms with Crippen LogP contribution in [-0.4, -0.2) is 13.3 Å². The number of hydrogen-bond donors (Lipinski definition) is 1. The fraction of sp³-hybridized carbons (Fsp3) is 0.250. The largest absolute Gasteiger partial charge is 0.388 e. The molecule has 0 aliphatic rings. The van der Waals surface area contributed by atoms with Gasteiger partial charge in [-0.3, -0.25) is 0 Å². The van der Waals surface area contributed by atoms with Gasteiger partial charge >= 0.3 is 0 Å². The molecule has 0 amide bonds. The standard InChI is InChI=1S/C8H13NS/c1-5-8(9-3)6-7(2)10-4/h5-6,9H,1-2H2,3-4H3/b8-6+. The molecule has 0 bridgehead atoms. The summed E-state index contributed by atoms with van der Waals surface area (Å²) in [7, 11) is 1.86. The van der Waals surface area contributed by atoms with E-state index in [2.05, 4.69) is 18.5 Å². The Hall–Kier alpha value is -0.630. The molecule has 0 aliphatic heterocycles. The van der Waals surface area contributed by atoms with Crippen molar-refractivity contribution < 1.29 is 0 Å². The summed E-state index contributed by atoms with van der Waals surface area (Å²) >= 11 is 1.63. The van der Waals surface area contributed by atoms with E-state index in [0.29, 0.717) is 0 Å². The number of hydrogen-bond acceptors (Lipinski definition) is 2. The SMILES string of the molecule is C=C/C(=C\C(=C)SC)NC. The second kappa shape index (κ2) is 5.18. The third-order valence-electron chi connectivity index (χ3n) is 1.09. The van der Waals surface area contributed by atoms with E-state index < -0.39 is 0 Å². The average molecular weight is 155 g/mol. The van der Waals surface area contributed by atoms with Gasteiger partial charge in [-0.2, -0.15) is 0 Å². The fourth-order valence-electron chi connectivity index (χ4n) is 0.466. The highest BCUT2D eigenvalue weighted by Gasteiger charge is 1.86. The van der Waals surface area contributed by atoms with Gasteiger partial charge in [0.05, 0.1) is 0 Å². The highest BCUT2D eigenvalue weighted by atomic mass is 32.2. The Kier molecular flexibility index (Phi) is 4.85. The summed E-state index contributed by atoms with van der Waals surface area (Å²) < 4.78 is 0. The minimum Gasteiger partial charge on any atom is -0.388 e. The first-order chi connectivity index (χ1) is 4.74. The number of nitrogens with one attached hydrogen (secondary N) is 1. The fourth-order valence-corrected chi connectivity index (χ4v) is 0.710. The van der Waals surface area contributed by atoms with E-state index in [4.69, 9.17) is 0 Å². The van der Waals surface area contributed by atoms with Crippen LogP contribution in [0.5, 0.6) is 0 Å². The van der Waals surface area contributed by atoms with E-state index >= 15 is 0 Å². The van der Waals surface area contributed by atoms with Crippen LogP contribution in [0, 0.1) is 0 Å².